The predicted octanol–water partition coefficient (Wildman–Crippen LogP) is 1.49. The maximum absolute atomic E-state index is 12.0. The van der Waals surface area contributed by atoms with Crippen molar-refractivity contribution in [3.05, 3.63) is 29.8 Å². The number of carbonyl (C=O) groups excluding carboxylic acids is 2. The molecule has 0 radical (unpaired) electrons. The van der Waals surface area contributed by atoms with E-state index in [1.807, 2.05) is 24.3 Å². The highest BCUT2D eigenvalue weighted by Crippen LogP contribution is 2.18. The molecule has 0 unspecified atom stereocenters. The zero-order valence-electron chi connectivity index (χ0n) is 12.9. The van der Waals surface area contributed by atoms with Gasteiger partial charge in [0.05, 0.1) is 0 Å². The molecule has 3 amide bonds. The van der Waals surface area contributed by atoms with Gasteiger partial charge in [-0.15, -0.1) is 0 Å². The lowest BCUT2D eigenvalue weighted by molar-refractivity contribution is -0.123. The Morgan fingerprint density at radius 1 is 1.32 bits per heavy atom. The topological polar surface area (TPSA) is 84.7 Å². The number of nitrogens with one attached hydrogen (secondary N) is 1. The third kappa shape index (κ3) is 4.13. The number of amides is 3. The Bertz CT molecular complexity index is 525. The zero-order valence-corrected chi connectivity index (χ0v) is 12.9. The number of rotatable bonds is 5. The van der Waals surface area contributed by atoms with Crippen LogP contribution in [0.25, 0.3) is 0 Å². The van der Waals surface area contributed by atoms with Crippen molar-refractivity contribution in [3.8, 4) is 5.75 Å². The van der Waals surface area contributed by atoms with Crippen LogP contribution in [0.2, 0.25) is 0 Å². The van der Waals surface area contributed by atoms with E-state index < -0.39 is 0 Å². The van der Waals surface area contributed by atoms with E-state index in [-0.39, 0.29) is 24.6 Å². The first-order valence-electron chi connectivity index (χ1n) is 7.64. The first-order chi connectivity index (χ1) is 10.6. The molecular weight excluding hydrogens is 282 g/mol. The average Bonchev–Trinajstić information content (AvgIpc) is 2.55. The van der Waals surface area contributed by atoms with Crippen LogP contribution in [0.4, 0.5) is 4.79 Å². The molecule has 0 aromatic heterocycles. The van der Waals surface area contributed by atoms with Gasteiger partial charge in [-0.05, 0) is 30.9 Å². The van der Waals surface area contributed by atoms with E-state index in [2.05, 4.69) is 12.2 Å². The SMILES string of the molecule is CCc1ccccc1OCNC(=O)N1CCC(C(N)=O)CC1. The average molecular weight is 305 g/mol. The first kappa shape index (κ1) is 16.1. The van der Waals surface area contributed by atoms with Crippen molar-refractivity contribution in [1.29, 1.82) is 0 Å². The molecule has 2 rings (SSSR count). The van der Waals surface area contributed by atoms with Gasteiger partial charge in [-0.3, -0.25) is 4.79 Å². The number of primary amides is 1. The van der Waals surface area contributed by atoms with Crippen LogP contribution < -0.4 is 15.8 Å². The zero-order chi connectivity index (χ0) is 15.9. The number of nitrogens with zero attached hydrogens (tertiary/aromatic N) is 1. The number of hydrogen-bond acceptors (Lipinski definition) is 3. The van der Waals surface area contributed by atoms with Gasteiger partial charge in [0.1, 0.15) is 5.75 Å². The van der Waals surface area contributed by atoms with Crippen molar-refractivity contribution < 1.29 is 14.3 Å². The van der Waals surface area contributed by atoms with Gasteiger partial charge in [-0.2, -0.15) is 0 Å². The normalized spacial score (nSPS) is 15.4. The number of piperidine rings is 1. The predicted molar refractivity (Wildman–Crippen MR) is 83.3 cm³/mol. The van der Waals surface area contributed by atoms with E-state index in [9.17, 15) is 9.59 Å². The van der Waals surface area contributed by atoms with Crippen LogP contribution in [-0.2, 0) is 11.2 Å². The molecule has 1 heterocycles. The fourth-order valence-electron chi connectivity index (χ4n) is 2.59. The molecule has 6 heteroatoms. The number of urea groups is 1. The maximum Gasteiger partial charge on any atom is 0.320 e. The Labute approximate surface area is 130 Å². The van der Waals surface area contributed by atoms with E-state index >= 15 is 0 Å². The molecule has 0 spiro atoms. The number of ether oxygens (including phenoxy) is 1. The summed E-state index contributed by atoms with van der Waals surface area (Å²) in [6, 6.07) is 7.60. The third-order valence-corrected chi connectivity index (χ3v) is 3.99. The molecule has 0 aliphatic carbocycles. The summed E-state index contributed by atoms with van der Waals surface area (Å²) < 4.78 is 5.62. The molecule has 0 bridgehead atoms. The standard InChI is InChI=1S/C16H23N3O3/c1-2-12-5-3-4-6-14(12)22-11-18-16(21)19-9-7-13(8-10-19)15(17)20/h3-6,13H,2,7-11H2,1H3,(H2,17,20)(H,18,21). The second-order valence-electron chi connectivity index (χ2n) is 5.40. The Morgan fingerprint density at radius 3 is 2.64 bits per heavy atom. The molecule has 1 aromatic rings. The largest absolute Gasteiger partial charge is 0.473 e. The van der Waals surface area contributed by atoms with Crippen molar-refractivity contribution in [2.24, 2.45) is 11.7 Å². The molecule has 0 saturated carbocycles. The Morgan fingerprint density at radius 2 is 2.00 bits per heavy atom. The number of benzene rings is 1. The van der Waals surface area contributed by atoms with E-state index in [0.717, 1.165) is 17.7 Å². The number of hydrogen-bond donors (Lipinski definition) is 2. The van der Waals surface area contributed by atoms with Crippen LogP contribution in [-0.4, -0.2) is 36.7 Å². The summed E-state index contributed by atoms with van der Waals surface area (Å²) in [6.07, 6.45) is 2.13. The van der Waals surface area contributed by atoms with Crippen LogP contribution >= 0.6 is 0 Å². The fourth-order valence-corrected chi connectivity index (χ4v) is 2.59. The monoisotopic (exact) mass is 305 g/mol. The van der Waals surface area contributed by atoms with E-state index in [0.29, 0.717) is 25.9 Å². The first-order valence-corrected chi connectivity index (χ1v) is 7.64. The smallest absolute Gasteiger partial charge is 0.320 e. The van der Waals surface area contributed by atoms with E-state index in [1.165, 1.54) is 0 Å². The lowest BCUT2D eigenvalue weighted by Crippen LogP contribution is -2.47. The summed E-state index contributed by atoms with van der Waals surface area (Å²) in [5.74, 6) is 0.397. The highest BCUT2D eigenvalue weighted by Gasteiger charge is 2.25. The van der Waals surface area contributed by atoms with E-state index in [4.69, 9.17) is 10.5 Å². The van der Waals surface area contributed by atoms with Gasteiger partial charge < -0.3 is 20.7 Å². The Balaban J connectivity index is 1.75. The molecule has 22 heavy (non-hydrogen) atoms. The Kier molecular flexibility index (Phi) is 5.63. The molecule has 1 aliphatic rings. The lowest BCUT2D eigenvalue weighted by Gasteiger charge is -2.30. The van der Waals surface area contributed by atoms with Gasteiger partial charge in [0.2, 0.25) is 5.91 Å². The highest BCUT2D eigenvalue weighted by molar-refractivity contribution is 5.78. The van der Waals surface area contributed by atoms with Crippen LogP contribution in [0.3, 0.4) is 0 Å². The molecule has 1 saturated heterocycles. The van der Waals surface area contributed by atoms with Crippen LogP contribution in [0, 0.1) is 5.92 Å². The quantitative estimate of drug-likeness (QED) is 0.808. The number of nitrogens with two attached hydrogens (primary N) is 1. The minimum absolute atomic E-state index is 0.114. The molecule has 120 valence electrons. The van der Waals surface area contributed by atoms with Gasteiger partial charge in [0.15, 0.2) is 6.73 Å². The minimum Gasteiger partial charge on any atom is -0.473 e. The van der Waals surface area contributed by atoms with Crippen molar-refractivity contribution in [3.63, 3.8) is 0 Å². The highest BCUT2D eigenvalue weighted by atomic mass is 16.5. The summed E-state index contributed by atoms with van der Waals surface area (Å²) in [6.45, 7) is 3.28. The van der Waals surface area contributed by atoms with Crippen LogP contribution in [0.5, 0.6) is 5.75 Å². The molecule has 6 nitrogen and oxygen atoms in total. The second kappa shape index (κ2) is 7.68. The van der Waals surface area contributed by atoms with Gasteiger partial charge in [0.25, 0.3) is 0 Å². The number of aryl methyl sites for hydroxylation is 1. The number of carbonyl (C=O) groups is 2. The summed E-state index contributed by atoms with van der Waals surface area (Å²) >= 11 is 0. The van der Waals surface area contributed by atoms with Crippen molar-refractivity contribution >= 4 is 11.9 Å². The van der Waals surface area contributed by atoms with Gasteiger partial charge in [-0.1, -0.05) is 25.1 Å². The fraction of sp³-hybridized carbons (Fsp3) is 0.500. The molecular formula is C16H23N3O3. The number of para-hydroxylation sites is 1. The van der Waals surface area contributed by atoms with Crippen molar-refractivity contribution in [2.75, 3.05) is 19.8 Å². The molecule has 0 atom stereocenters. The third-order valence-electron chi connectivity index (χ3n) is 3.99. The Hall–Kier alpha value is -2.24. The minimum atomic E-state index is -0.278. The van der Waals surface area contributed by atoms with E-state index in [1.54, 1.807) is 4.90 Å². The summed E-state index contributed by atoms with van der Waals surface area (Å²) in [7, 11) is 0. The second-order valence-corrected chi connectivity index (χ2v) is 5.40. The summed E-state index contributed by atoms with van der Waals surface area (Å²) in [5.41, 5.74) is 6.39. The molecule has 3 N–H and O–H groups in total. The molecule has 1 fully saturated rings. The van der Waals surface area contributed by atoms with Gasteiger partial charge in [-0.25, -0.2) is 4.79 Å². The van der Waals surface area contributed by atoms with Crippen molar-refractivity contribution in [1.82, 2.24) is 10.2 Å². The van der Waals surface area contributed by atoms with Crippen LogP contribution in [0.1, 0.15) is 25.3 Å². The van der Waals surface area contributed by atoms with Crippen LogP contribution in [0.15, 0.2) is 24.3 Å². The molecule has 1 aliphatic heterocycles. The summed E-state index contributed by atoms with van der Waals surface area (Å²) in [5, 5.41) is 2.74. The van der Waals surface area contributed by atoms with Gasteiger partial charge in [0, 0.05) is 19.0 Å². The lowest BCUT2D eigenvalue weighted by atomic mass is 9.96. The molecule has 1 aromatic carbocycles. The van der Waals surface area contributed by atoms with Gasteiger partial charge >= 0.3 is 6.03 Å². The maximum atomic E-state index is 12.0. The summed E-state index contributed by atoms with van der Waals surface area (Å²) in [4.78, 5) is 24.8. The van der Waals surface area contributed by atoms with Crippen molar-refractivity contribution in [2.45, 2.75) is 26.2 Å². The number of likely N-dealkylation sites (tertiary alicyclic amines) is 1.